The lowest BCUT2D eigenvalue weighted by Gasteiger charge is -2.20. The summed E-state index contributed by atoms with van der Waals surface area (Å²) >= 11 is 0. The molecule has 1 aromatic rings. The number of carbonyl (C=O) groups excluding carboxylic acids is 1. The summed E-state index contributed by atoms with van der Waals surface area (Å²) in [6.07, 6.45) is -0.406. The van der Waals surface area contributed by atoms with Gasteiger partial charge in [0.2, 0.25) is 0 Å². The lowest BCUT2D eigenvalue weighted by Crippen LogP contribution is -2.32. The second-order valence-corrected chi connectivity index (χ2v) is 6.16. The van der Waals surface area contributed by atoms with E-state index in [1.54, 1.807) is 7.48 Å². The third kappa shape index (κ3) is 4.75. The van der Waals surface area contributed by atoms with Crippen molar-refractivity contribution in [2.24, 2.45) is 0 Å². The second kappa shape index (κ2) is 6.49. The fourth-order valence-corrected chi connectivity index (χ4v) is 2.06. The first kappa shape index (κ1) is 15.9. The van der Waals surface area contributed by atoms with Crippen LogP contribution in [0.5, 0.6) is 0 Å². The Morgan fingerprint density at radius 2 is 2.24 bits per heavy atom. The highest BCUT2D eigenvalue weighted by molar-refractivity contribution is 6.30. The van der Waals surface area contributed by atoms with E-state index in [0.717, 1.165) is 16.7 Å². The van der Waals surface area contributed by atoms with Crippen LogP contribution in [-0.2, 0) is 21.0 Å². The first-order chi connectivity index (χ1) is 9.85. The number of rotatable bonds is 3. The maximum absolute atomic E-state index is 11.6. The third-order valence-corrected chi connectivity index (χ3v) is 3.15. The molecule has 1 aromatic carbocycles. The highest BCUT2D eigenvalue weighted by Crippen LogP contribution is 2.22. The van der Waals surface area contributed by atoms with E-state index in [4.69, 9.17) is 14.4 Å². The van der Waals surface area contributed by atoms with Crippen molar-refractivity contribution in [2.75, 3.05) is 6.61 Å². The van der Waals surface area contributed by atoms with E-state index in [2.05, 4.69) is 11.4 Å². The molecule has 1 fully saturated rings. The van der Waals surface area contributed by atoms with Crippen molar-refractivity contribution in [2.45, 2.75) is 45.7 Å². The molecule has 1 atom stereocenters. The Labute approximate surface area is 126 Å². The van der Waals surface area contributed by atoms with Crippen LogP contribution in [0.15, 0.2) is 18.2 Å². The molecule has 1 unspecified atom stereocenters. The Morgan fingerprint density at radius 1 is 1.48 bits per heavy atom. The van der Waals surface area contributed by atoms with E-state index in [0.29, 0.717) is 13.2 Å². The molecule has 1 saturated heterocycles. The zero-order chi connectivity index (χ0) is 15.5. The van der Waals surface area contributed by atoms with Crippen molar-refractivity contribution in [1.82, 2.24) is 5.32 Å². The number of carbonyl (C=O) groups is 1. The third-order valence-electron chi connectivity index (χ3n) is 3.15. The molecule has 0 bridgehead atoms. The number of alkyl carbamates (subject to hydrolysis) is 1. The average molecular weight is 290 g/mol. The Kier molecular flexibility index (Phi) is 4.90. The van der Waals surface area contributed by atoms with Crippen LogP contribution in [0.1, 0.15) is 43.3 Å². The molecule has 0 spiro atoms. The molecule has 1 heterocycles. The van der Waals surface area contributed by atoms with Crippen LogP contribution in [0.4, 0.5) is 4.79 Å². The van der Waals surface area contributed by atoms with E-state index in [-0.39, 0.29) is 5.82 Å². The maximum atomic E-state index is 11.6. The zero-order valence-electron chi connectivity index (χ0n) is 12.9. The molecule has 5 nitrogen and oxygen atoms in total. The molecule has 0 saturated carbocycles. The highest BCUT2D eigenvalue weighted by atomic mass is 17.2. The van der Waals surface area contributed by atoms with Crippen molar-refractivity contribution in [3.63, 3.8) is 0 Å². The van der Waals surface area contributed by atoms with Crippen molar-refractivity contribution in [3.8, 4) is 0 Å². The summed E-state index contributed by atoms with van der Waals surface area (Å²) in [7, 11) is 1.69. The summed E-state index contributed by atoms with van der Waals surface area (Å²) in [6, 6.07) is 6.12. The second-order valence-electron chi connectivity index (χ2n) is 6.16. The zero-order valence-corrected chi connectivity index (χ0v) is 12.9. The van der Waals surface area contributed by atoms with Gasteiger partial charge in [-0.15, -0.1) is 0 Å². The van der Waals surface area contributed by atoms with Gasteiger partial charge < -0.3 is 14.9 Å². The monoisotopic (exact) mass is 290 g/mol. The Bertz CT molecular complexity index is 507. The molecule has 0 aliphatic carbocycles. The highest BCUT2D eigenvalue weighted by Gasteiger charge is 2.22. The predicted molar refractivity (Wildman–Crippen MR) is 79.8 cm³/mol. The van der Waals surface area contributed by atoms with E-state index < -0.39 is 11.7 Å². The molecule has 1 aliphatic heterocycles. The summed E-state index contributed by atoms with van der Waals surface area (Å²) in [6.45, 7) is 8.53. The fraction of sp³-hybridized carbons (Fsp3) is 0.533. The lowest BCUT2D eigenvalue weighted by molar-refractivity contribution is -0.183. The van der Waals surface area contributed by atoms with Crippen molar-refractivity contribution >= 4 is 13.6 Å². The number of hydrogen-bond donors (Lipinski definition) is 1. The topological polar surface area (TPSA) is 56.8 Å². The van der Waals surface area contributed by atoms with Crippen LogP contribution >= 0.6 is 0 Å². The molecule has 1 radical (unpaired) electrons. The number of benzene rings is 1. The van der Waals surface area contributed by atoms with Crippen LogP contribution in [0.2, 0.25) is 0 Å². The number of aryl methyl sites for hydroxylation is 1. The van der Waals surface area contributed by atoms with Crippen LogP contribution in [0.3, 0.4) is 0 Å². The SMILES string of the molecule is Cc1cc(C2[B]OOC2)ccc1CNC(=O)OC(C)(C)C. The van der Waals surface area contributed by atoms with Gasteiger partial charge in [-0.1, -0.05) is 18.2 Å². The van der Waals surface area contributed by atoms with Crippen LogP contribution in [0, 0.1) is 6.92 Å². The summed E-state index contributed by atoms with van der Waals surface area (Å²) < 4.78 is 5.22. The van der Waals surface area contributed by atoms with E-state index >= 15 is 0 Å². The van der Waals surface area contributed by atoms with Gasteiger partial charge in [0.25, 0.3) is 0 Å². The molecule has 6 heteroatoms. The van der Waals surface area contributed by atoms with Gasteiger partial charge in [0.15, 0.2) is 0 Å². The first-order valence-electron chi connectivity index (χ1n) is 7.03. The minimum Gasteiger partial charge on any atom is -0.444 e. The molecule has 0 aromatic heterocycles. The van der Waals surface area contributed by atoms with Gasteiger partial charge >= 0.3 is 13.6 Å². The standard InChI is InChI=1S/C15H21BNO4/c1-10-7-11(13-9-19-21-16-13)5-6-12(10)8-17-14(18)20-15(2,3)4/h5-7,13H,8-9H2,1-4H3,(H,17,18). The van der Waals surface area contributed by atoms with E-state index in [9.17, 15) is 4.79 Å². The fourth-order valence-electron chi connectivity index (χ4n) is 2.06. The van der Waals surface area contributed by atoms with Gasteiger partial charge in [-0.2, -0.15) is 0 Å². The van der Waals surface area contributed by atoms with Gasteiger partial charge in [0.05, 0.1) is 6.61 Å². The lowest BCUT2D eigenvalue weighted by atomic mass is 9.76. The minimum absolute atomic E-state index is 0.163. The summed E-state index contributed by atoms with van der Waals surface area (Å²) in [5.74, 6) is 0.163. The minimum atomic E-state index is -0.485. The quantitative estimate of drug-likeness (QED) is 0.687. The van der Waals surface area contributed by atoms with Crippen LogP contribution in [0.25, 0.3) is 0 Å². The van der Waals surface area contributed by atoms with Crippen LogP contribution in [-0.4, -0.2) is 25.8 Å². The Balaban J connectivity index is 1.93. The van der Waals surface area contributed by atoms with Gasteiger partial charge in [-0.05, 0) is 44.4 Å². The molecule has 21 heavy (non-hydrogen) atoms. The van der Waals surface area contributed by atoms with Gasteiger partial charge in [-0.3, -0.25) is 4.89 Å². The molecule has 2 rings (SSSR count). The smallest absolute Gasteiger partial charge is 0.407 e. The molecule has 1 N–H and O–H groups in total. The summed E-state index contributed by atoms with van der Waals surface area (Å²) in [5, 5.41) is 2.77. The number of ether oxygens (including phenoxy) is 1. The molecule has 1 amide bonds. The summed E-state index contributed by atoms with van der Waals surface area (Å²) in [4.78, 5) is 21.3. The molecular weight excluding hydrogens is 269 g/mol. The van der Waals surface area contributed by atoms with E-state index in [1.807, 2.05) is 39.8 Å². The number of amides is 1. The Hall–Kier alpha value is -1.53. The molecule has 1 aliphatic rings. The van der Waals surface area contributed by atoms with Crippen molar-refractivity contribution in [1.29, 1.82) is 0 Å². The average Bonchev–Trinajstić information content (AvgIpc) is 2.89. The normalized spacial score (nSPS) is 18.2. The largest absolute Gasteiger partial charge is 0.444 e. The van der Waals surface area contributed by atoms with E-state index in [1.165, 1.54) is 0 Å². The van der Waals surface area contributed by atoms with Gasteiger partial charge in [0, 0.05) is 12.4 Å². The molecule has 113 valence electrons. The number of nitrogens with one attached hydrogen (secondary N) is 1. The van der Waals surface area contributed by atoms with Crippen LogP contribution < -0.4 is 5.32 Å². The first-order valence-corrected chi connectivity index (χ1v) is 7.03. The van der Waals surface area contributed by atoms with Crippen molar-refractivity contribution in [3.05, 3.63) is 34.9 Å². The van der Waals surface area contributed by atoms with Gasteiger partial charge in [-0.25, -0.2) is 4.79 Å². The molecular formula is C15H21BNO4. The maximum Gasteiger partial charge on any atom is 0.407 e. The number of hydrogen-bond acceptors (Lipinski definition) is 4. The summed E-state index contributed by atoms with van der Waals surface area (Å²) in [5.41, 5.74) is 2.83. The van der Waals surface area contributed by atoms with Gasteiger partial charge in [0.1, 0.15) is 5.60 Å². The predicted octanol–water partition coefficient (Wildman–Crippen LogP) is 2.64. The van der Waals surface area contributed by atoms with Crippen molar-refractivity contribution < 1.29 is 19.2 Å². The Morgan fingerprint density at radius 3 is 2.81 bits per heavy atom.